The molecule has 0 amide bonds. The normalized spacial score (nSPS) is 11.6. The van der Waals surface area contributed by atoms with Gasteiger partial charge in [0.15, 0.2) is 0 Å². The SMILES string of the molecule is CCCCCCCCCCCCP[O-]. The number of hydrogen-bond acceptors (Lipinski definition) is 1. The summed E-state index contributed by atoms with van der Waals surface area (Å²) in [4.78, 5) is 10.2. The lowest BCUT2D eigenvalue weighted by molar-refractivity contribution is -0.150. The molecule has 0 spiro atoms. The van der Waals surface area contributed by atoms with Crippen LogP contribution < -0.4 is 4.89 Å². The van der Waals surface area contributed by atoms with Gasteiger partial charge in [-0.1, -0.05) is 71.1 Å². The summed E-state index contributed by atoms with van der Waals surface area (Å²) in [5.41, 5.74) is 0. The molecule has 0 aromatic rings. The molecule has 1 unspecified atom stereocenters. The predicted octanol–water partition coefficient (Wildman–Crippen LogP) is 3.86. The second kappa shape index (κ2) is 13.4. The summed E-state index contributed by atoms with van der Waals surface area (Å²) in [6, 6.07) is 0. The van der Waals surface area contributed by atoms with Gasteiger partial charge >= 0.3 is 0 Å². The van der Waals surface area contributed by atoms with Gasteiger partial charge in [-0.25, -0.2) is 8.81 Å². The van der Waals surface area contributed by atoms with Crippen molar-refractivity contribution >= 4 is 8.81 Å². The third-order valence-corrected chi connectivity index (χ3v) is 3.19. The van der Waals surface area contributed by atoms with Crippen molar-refractivity contribution in [2.24, 2.45) is 0 Å². The standard InChI is InChI=1S/C12H26OP/c1-2-3-4-5-6-7-8-9-10-11-12-14-13/h14H,2-12H2,1H3/q-1. The summed E-state index contributed by atoms with van der Waals surface area (Å²) in [5, 5.41) is 0. The van der Waals surface area contributed by atoms with Crippen molar-refractivity contribution in [3.8, 4) is 0 Å². The van der Waals surface area contributed by atoms with E-state index in [0.29, 0.717) is 0 Å². The van der Waals surface area contributed by atoms with Crippen LogP contribution in [0.5, 0.6) is 0 Å². The molecule has 2 heteroatoms. The van der Waals surface area contributed by atoms with Gasteiger partial charge < -0.3 is 4.89 Å². The summed E-state index contributed by atoms with van der Waals surface area (Å²) < 4.78 is 0. The van der Waals surface area contributed by atoms with Crippen LogP contribution in [0.2, 0.25) is 0 Å². The number of rotatable bonds is 11. The first-order chi connectivity index (χ1) is 6.91. The molecule has 0 heterocycles. The van der Waals surface area contributed by atoms with Gasteiger partial charge in [0, 0.05) is 0 Å². The topological polar surface area (TPSA) is 23.1 Å². The average Bonchev–Trinajstić information content (AvgIpc) is 2.21. The van der Waals surface area contributed by atoms with Crippen LogP contribution in [0.4, 0.5) is 0 Å². The van der Waals surface area contributed by atoms with E-state index in [9.17, 15) is 4.89 Å². The highest BCUT2D eigenvalue weighted by Crippen LogP contribution is 2.11. The smallest absolute Gasteiger partial charge is 0.0499 e. The first-order valence-electron chi connectivity index (χ1n) is 6.26. The fraction of sp³-hybridized carbons (Fsp3) is 1.00. The second-order valence-corrected chi connectivity index (χ2v) is 4.86. The van der Waals surface area contributed by atoms with Crippen molar-refractivity contribution in [2.45, 2.75) is 71.1 Å². The maximum atomic E-state index is 10.2. The number of unbranched alkanes of at least 4 members (excludes halogenated alkanes) is 9. The van der Waals surface area contributed by atoms with Crippen molar-refractivity contribution < 1.29 is 4.89 Å². The molecule has 0 aliphatic carbocycles. The van der Waals surface area contributed by atoms with Crippen molar-refractivity contribution in [1.82, 2.24) is 0 Å². The Hall–Kier alpha value is 0.390. The first kappa shape index (κ1) is 14.4. The van der Waals surface area contributed by atoms with Gasteiger partial charge in [-0.2, -0.15) is 0 Å². The summed E-state index contributed by atoms with van der Waals surface area (Å²) in [6.07, 6.45) is 14.5. The molecule has 0 aromatic heterocycles. The van der Waals surface area contributed by atoms with Crippen molar-refractivity contribution in [3.05, 3.63) is 0 Å². The molecule has 0 saturated carbocycles. The highest BCUT2D eigenvalue weighted by molar-refractivity contribution is 7.29. The summed E-state index contributed by atoms with van der Waals surface area (Å²) in [5.74, 6) is 0. The molecule has 0 bridgehead atoms. The molecule has 1 nitrogen and oxygen atoms in total. The maximum absolute atomic E-state index is 10.2. The van der Waals surface area contributed by atoms with E-state index >= 15 is 0 Å². The molecular formula is C12H26OP-. The molecule has 0 fully saturated rings. The van der Waals surface area contributed by atoms with Gasteiger partial charge in [-0.3, -0.25) is 0 Å². The zero-order valence-electron chi connectivity index (χ0n) is 9.69. The van der Waals surface area contributed by atoms with Crippen molar-refractivity contribution in [3.63, 3.8) is 0 Å². The Balaban J connectivity index is 2.78. The molecule has 0 saturated heterocycles. The Morgan fingerprint density at radius 1 is 0.714 bits per heavy atom. The summed E-state index contributed by atoms with van der Waals surface area (Å²) in [7, 11) is -0.0803. The van der Waals surface area contributed by atoms with Gasteiger partial charge in [-0.15, -0.1) is 0 Å². The number of hydrogen-bond donors (Lipinski definition) is 0. The summed E-state index contributed by atoms with van der Waals surface area (Å²) >= 11 is 0. The fourth-order valence-electron chi connectivity index (χ4n) is 1.68. The van der Waals surface area contributed by atoms with E-state index in [2.05, 4.69) is 6.92 Å². The van der Waals surface area contributed by atoms with E-state index in [-0.39, 0.29) is 8.81 Å². The monoisotopic (exact) mass is 217 g/mol. The Kier molecular flexibility index (Phi) is 13.8. The Labute approximate surface area is 91.5 Å². The lowest BCUT2D eigenvalue weighted by Crippen LogP contribution is -1.87. The largest absolute Gasteiger partial charge is 0.832 e. The fourth-order valence-corrected chi connectivity index (χ4v) is 2.08. The van der Waals surface area contributed by atoms with E-state index in [4.69, 9.17) is 0 Å². The molecule has 0 aromatic carbocycles. The molecule has 0 aliphatic rings. The molecule has 1 atom stereocenters. The Morgan fingerprint density at radius 2 is 1.14 bits per heavy atom. The van der Waals surface area contributed by atoms with Gasteiger partial charge in [0.05, 0.1) is 0 Å². The van der Waals surface area contributed by atoms with Crippen LogP contribution in [0.25, 0.3) is 0 Å². The van der Waals surface area contributed by atoms with Crippen molar-refractivity contribution in [2.75, 3.05) is 6.16 Å². The molecule has 0 N–H and O–H groups in total. The minimum Gasteiger partial charge on any atom is -0.832 e. The van der Waals surface area contributed by atoms with Gasteiger partial charge in [-0.05, 0) is 6.16 Å². The molecule has 86 valence electrons. The van der Waals surface area contributed by atoms with Crippen LogP contribution in [0.15, 0.2) is 0 Å². The van der Waals surface area contributed by atoms with E-state index in [1.807, 2.05) is 0 Å². The zero-order valence-corrected chi connectivity index (χ0v) is 10.7. The minimum atomic E-state index is -0.0803. The second-order valence-electron chi connectivity index (χ2n) is 4.08. The maximum Gasteiger partial charge on any atom is -0.0499 e. The Bertz CT molecular complexity index is 84.3. The van der Waals surface area contributed by atoms with E-state index < -0.39 is 0 Å². The summed E-state index contributed by atoms with van der Waals surface area (Å²) in [6.45, 7) is 2.26. The molecule has 0 radical (unpaired) electrons. The van der Waals surface area contributed by atoms with Gasteiger partial charge in [0.1, 0.15) is 0 Å². The van der Waals surface area contributed by atoms with E-state index in [1.165, 1.54) is 57.8 Å². The Morgan fingerprint density at radius 3 is 1.57 bits per heavy atom. The van der Waals surface area contributed by atoms with Crippen LogP contribution in [0.1, 0.15) is 71.1 Å². The van der Waals surface area contributed by atoms with Gasteiger partial charge in [0.25, 0.3) is 0 Å². The van der Waals surface area contributed by atoms with E-state index in [0.717, 1.165) is 12.6 Å². The molecular weight excluding hydrogens is 191 g/mol. The zero-order chi connectivity index (χ0) is 10.5. The minimum absolute atomic E-state index is 0.0803. The van der Waals surface area contributed by atoms with Crippen LogP contribution in [-0.4, -0.2) is 6.16 Å². The average molecular weight is 217 g/mol. The molecule has 14 heavy (non-hydrogen) atoms. The van der Waals surface area contributed by atoms with Crippen LogP contribution >= 0.6 is 8.81 Å². The predicted molar refractivity (Wildman–Crippen MR) is 65.0 cm³/mol. The van der Waals surface area contributed by atoms with Crippen LogP contribution in [0.3, 0.4) is 0 Å². The van der Waals surface area contributed by atoms with E-state index in [1.54, 1.807) is 0 Å². The first-order valence-corrected chi connectivity index (χ1v) is 7.38. The highest BCUT2D eigenvalue weighted by Gasteiger charge is 1.91. The molecule has 0 aliphatic heterocycles. The lowest BCUT2D eigenvalue weighted by Gasteiger charge is -2.04. The van der Waals surface area contributed by atoms with Crippen LogP contribution in [-0.2, 0) is 0 Å². The molecule has 0 rings (SSSR count). The highest BCUT2D eigenvalue weighted by atomic mass is 31.1. The third kappa shape index (κ3) is 12.4. The van der Waals surface area contributed by atoms with Gasteiger partial charge in [0.2, 0.25) is 0 Å². The quantitative estimate of drug-likeness (QED) is 0.380. The lowest BCUT2D eigenvalue weighted by atomic mass is 10.1. The van der Waals surface area contributed by atoms with Crippen molar-refractivity contribution in [1.29, 1.82) is 0 Å². The third-order valence-electron chi connectivity index (χ3n) is 2.63. The van der Waals surface area contributed by atoms with Crippen LogP contribution in [0, 0.1) is 0 Å².